The summed E-state index contributed by atoms with van der Waals surface area (Å²) >= 11 is 0. The van der Waals surface area contributed by atoms with E-state index in [2.05, 4.69) is 10.6 Å². The molecule has 0 aliphatic carbocycles. The molecule has 270 valence electrons. The summed E-state index contributed by atoms with van der Waals surface area (Å²) in [6.45, 7) is 1.09. The van der Waals surface area contributed by atoms with Crippen LogP contribution in [0.4, 0.5) is 11.4 Å². The molecule has 0 radical (unpaired) electrons. The number of amides is 4. The van der Waals surface area contributed by atoms with Gasteiger partial charge in [-0.2, -0.15) is 0 Å². The van der Waals surface area contributed by atoms with Crippen LogP contribution in [0.3, 0.4) is 0 Å². The molecular weight excluding hydrogens is 652 g/mol. The van der Waals surface area contributed by atoms with E-state index in [0.29, 0.717) is 37.3 Å². The van der Waals surface area contributed by atoms with E-state index in [1.165, 1.54) is 0 Å². The molecule has 2 aliphatic heterocycles. The van der Waals surface area contributed by atoms with E-state index in [1.807, 2.05) is 147 Å². The van der Waals surface area contributed by atoms with Gasteiger partial charge in [0.15, 0.2) is 0 Å². The van der Waals surface area contributed by atoms with Crippen LogP contribution in [-0.4, -0.2) is 96.6 Å². The average molecular weight is 701 g/mol. The number of nitrogens with one attached hydrogen (secondary N) is 2. The quantitative estimate of drug-likeness (QED) is 0.205. The van der Waals surface area contributed by atoms with Crippen molar-refractivity contribution in [1.29, 1.82) is 0 Å². The van der Waals surface area contributed by atoms with Gasteiger partial charge in [0, 0.05) is 24.5 Å². The van der Waals surface area contributed by atoms with Gasteiger partial charge in [-0.25, -0.2) is 0 Å². The average Bonchev–Trinajstić information content (AvgIpc) is 3.85. The molecule has 0 bridgehead atoms. The lowest BCUT2D eigenvalue weighted by molar-refractivity contribution is -0.141. The number of likely N-dealkylation sites (tertiary alicyclic amines) is 2. The Morgan fingerprint density at radius 3 is 1.21 bits per heavy atom. The molecule has 4 aromatic rings. The zero-order valence-electron chi connectivity index (χ0n) is 30.4. The number of anilines is 2. The fraction of sp³-hybridized carbons (Fsp3) is 0.333. The standard InChI is InChI=1S/C42H48N6O4/c1-45(2)37(31-13-7-5-8-14-31)41(51)47-27-11-17-35(47)39(49)43-33-23-19-29(20-24-33)30-21-25-34(26-22-30)44-40(50)36-18-12-28-48(36)42(52)38(46(3)4)32-15-9-6-10-16-32/h5-10,13-16,19-26,35-38H,11-12,17-18,27-28H2,1-4H3,(H,43,49)(H,44,50)/t35-,36-,37-,38-/m0/s1. The van der Waals surface area contributed by atoms with E-state index < -0.39 is 24.2 Å². The van der Waals surface area contributed by atoms with E-state index in [9.17, 15) is 19.2 Å². The topological polar surface area (TPSA) is 105 Å². The smallest absolute Gasteiger partial charge is 0.247 e. The molecular formula is C42H48N6O4. The lowest BCUT2D eigenvalue weighted by atomic mass is 10.0. The molecule has 10 heteroatoms. The van der Waals surface area contributed by atoms with Crippen molar-refractivity contribution in [3.8, 4) is 11.1 Å². The van der Waals surface area contributed by atoms with E-state index in [-0.39, 0.29) is 23.6 Å². The Labute approximate surface area is 306 Å². The van der Waals surface area contributed by atoms with Gasteiger partial charge >= 0.3 is 0 Å². The zero-order valence-corrected chi connectivity index (χ0v) is 30.4. The molecule has 10 nitrogen and oxygen atoms in total. The van der Waals surface area contributed by atoms with Crippen LogP contribution in [0.1, 0.15) is 48.9 Å². The first-order chi connectivity index (χ1) is 25.1. The van der Waals surface area contributed by atoms with Crippen molar-refractivity contribution in [3.63, 3.8) is 0 Å². The van der Waals surface area contributed by atoms with Crippen molar-refractivity contribution >= 4 is 35.0 Å². The van der Waals surface area contributed by atoms with Gasteiger partial charge in [0.25, 0.3) is 0 Å². The Hall–Kier alpha value is -5.32. The fourth-order valence-corrected chi connectivity index (χ4v) is 7.46. The molecule has 2 aliphatic rings. The molecule has 0 aromatic heterocycles. The summed E-state index contributed by atoms with van der Waals surface area (Å²) in [5.74, 6) is -0.522. The number of hydrogen-bond acceptors (Lipinski definition) is 6. The van der Waals surface area contributed by atoms with Crippen LogP contribution in [0.25, 0.3) is 11.1 Å². The normalized spacial score (nSPS) is 18.3. The second kappa shape index (κ2) is 16.4. The molecule has 0 spiro atoms. The number of rotatable bonds is 11. The van der Waals surface area contributed by atoms with Crippen LogP contribution < -0.4 is 10.6 Å². The van der Waals surface area contributed by atoms with Crippen molar-refractivity contribution in [2.75, 3.05) is 51.9 Å². The Morgan fingerprint density at radius 2 is 0.885 bits per heavy atom. The molecule has 4 aromatic carbocycles. The minimum atomic E-state index is -0.534. The summed E-state index contributed by atoms with van der Waals surface area (Å²) in [5, 5.41) is 6.04. The summed E-state index contributed by atoms with van der Waals surface area (Å²) in [5.41, 5.74) is 5.02. The van der Waals surface area contributed by atoms with Crippen LogP contribution in [0.5, 0.6) is 0 Å². The molecule has 2 N–H and O–H groups in total. The van der Waals surface area contributed by atoms with Gasteiger partial charge < -0.3 is 20.4 Å². The third kappa shape index (κ3) is 8.09. The number of likely N-dealkylation sites (N-methyl/N-ethyl adjacent to an activating group) is 2. The second-order valence-corrected chi connectivity index (χ2v) is 14.1. The van der Waals surface area contributed by atoms with Crippen LogP contribution in [0.15, 0.2) is 109 Å². The van der Waals surface area contributed by atoms with Crippen LogP contribution >= 0.6 is 0 Å². The Bertz CT molecular complexity index is 1710. The lowest BCUT2D eigenvalue weighted by Crippen LogP contribution is -2.47. The van der Waals surface area contributed by atoms with Crippen molar-refractivity contribution < 1.29 is 19.2 Å². The second-order valence-electron chi connectivity index (χ2n) is 14.1. The molecule has 6 rings (SSSR count). The predicted octanol–water partition coefficient (Wildman–Crippen LogP) is 5.82. The number of carbonyl (C=O) groups is 4. The largest absolute Gasteiger partial charge is 0.329 e. The van der Waals surface area contributed by atoms with E-state index >= 15 is 0 Å². The summed E-state index contributed by atoms with van der Waals surface area (Å²) in [7, 11) is 7.53. The van der Waals surface area contributed by atoms with Crippen molar-refractivity contribution in [2.24, 2.45) is 0 Å². The van der Waals surface area contributed by atoms with Gasteiger partial charge in [0.1, 0.15) is 24.2 Å². The third-order valence-corrected chi connectivity index (χ3v) is 10.0. The summed E-state index contributed by atoms with van der Waals surface area (Å²) in [6, 6.07) is 32.5. The third-order valence-electron chi connectivity index (χ3n) is 10.0. The minimum absolute atomic E-state index is 0.0704. The van der Waals surface area contributed by atoms with E-state index in [0.717, 1.165) is 35.1 Å². The summed E-state index contributed by atoms with van der Waals surface area (Å²) in [4.78, 5) is 61.5. The Kier molecular flexibility index (Phi) is 11.5. The maximum atomic E-state index is 13.7. The first-order valence-electron chi connectivity index (χ1n) is 18.0. The number of hydrogen-bond donors (Lipinski definition) is 2. The Morgan fingerprint density at radius 1 is 0.538 bits per heavy atom. The molecule has 52 heavy (non-hydrogen) atoms. The molecule has 0 saturated carbocycles. The highest BCUT2D eigenvalue weighted by Gasteiger charge is 2.39. The lowest BCUT2D eigenvalue weighted by Gasteiger charge is -2.31. The molecule has 2 saturated heterocycles. The molecule has 4 atom stereocenters. The highest BCUT2D eigenvalue weighted by Crippen LogP contribution is 2.30. The SMILES string of the molecule is CN(C)[C@H](C(=O)N1CCC[C@H]1C(=O)Nc1ccc(-c2ccc(NC(=O)[C@@H]3CCCN3C(=O)[C@H](c3ccccc3)N(C)C)cc2)cc1)c1ccccc1. The van der Waals surface area contributed by atoms with Gasteiger partial charge in [-0.15, -0.1) is 0 Å². The van der Waals surface area contributed by atoms with E-state index in [4.69, 9.17) is 0 Å². The number of carbonyl (C=O) groups excluding carboxylic acids is 4. The van der Waals surface area contributed by atoms with E-state index in [1.54, 1.807) is 9.80 Å². The maximum Gasteiger partial charge on any atom is 0.247 e. The zero-order chi connectivity index (χ0) is 36.8. The van der Waals surface area contributed by atoms with Crippen molar-refractivity contribution in [2.45, 2.75) is 49.9 Å². The Balaban J connectivity index is 1.06. The highest BCUT2D eigenvalue weighted by molar-refractivity contribution is 5.99. The molecule has 2 heterocycles. The minimum Gasteiger partial charge on any atom is -0.329 e. The number of benzene rings is 4. The van der Waals surface area contributed by atoms with Crippen LogP contribution in [0.2, 0.25) is 0 Å². The predicted molar refractivity (Wildman–Crippen MR) is 204 cm³/mol. The van der Waals surface area contributed by atoms with Gasteiger partial charge in [-0.05, 0) is 100 Å². The molecule has 2 fully saturated rings. The van der Waals surface area contributed by atoms with Gasteiger partial charge in [0.05, 0.1) is 0 Å². The van der Waals surface area contributed by atoms with Crippen molar-refractivity contribution in [3.05, 3.63) is 120 Å². The molecule has 4 amide bonds. The van der Waals surface area contributed by atoms with Crippen molar-refractivity contribution in [1.82, 2.24) is 19.6 Å². The van der Waals surface area contributed by atoms with Crippen LogP contribution in [0, 0.1) is 0 Å². The monoisotopic (exact) mass is 700 g/mol. The first kappa shape index (κ1) is 36.5. The summed E-state index contributed by atoms with van der Waals surface area (Å²) < 4.78 is 0. The molecule has 0 unspecified atom stereocenters. The van der Waals surface area contributed by atoms with Gasteiger partial charge in [-0.1, -0.05) is 84.9 Å². The fourth-order valence-electron chi connectivity index (χ4n) is 7.46. The van der Waals surface area contributed by atoms with Crippen LogP contribution in [-0.2, 0) is 19.2 Å². The highest BCUT2D eigenvalue weighted by atomic mass is 16.2. The summed E-state index contributed by atoms with van der Waals surface area (Å²) in [6.07, 6.45) is 2.78. The number of nitrogens with zero attached hydrogens (tertiary/aromatic N) is 4. The van der Waals surface area contributed by atoms with Gasteiger partial charge in [0.2, 0.25) is 23.6 Å². The maximum absolute atomic E-state index is 13.7. The first-order valence-corrected chi connectivity index (χ1v) is 18.0. The van der Waals surface area contributed by atoms with Gasteiger partial charge in [-0.3, -0.25) is 29.0 Å².